The van der Waals surface area contributed by atoms with Crippen molar-refractivity contribution >= 4 is 38.3 Å². The lowest BCUT2D eigenvalue weighted by Crippen LogP contribution is -2.16. The Kier molecular flexibility index (Phi) is 5.79. The Bertz CT molecular complexity index is 1390. The van der Waals surface area contributed by atoms with Crippen molar-refractivity contribution in [2.75, 3.05) is 0 Å². The van der Waals surface area contributed by atoms with E-state index in [0.717, 1.165) is 10.9 Å². The highest BCUT2D eigenvalue weighted by atomic mass is 35.5. The van der Waals surface area contributed by atoms with Gasteiger partial charge in [0.1, 0.15) is 10.4 Å². The summed E-state index contributed by atoms with van der Waals surface area (Å²) in [5, 5.41) is 9.19. The van der Waals surface area contributed by atoms with Crippen LogP contribution in [0, 0.1) is 0 Å². The molecule has 0 spiro atoms. The summed E-state index contributed by atoms with van der Waals surface area (Å²) in [6, 6.07) is 16.1. The molecule has 0 bridgehead atoms. The van der Waals surface area contributed by atoms with Crippen molar-refractivity contribution < 1.29 is 18.3 Å². The second-order valence-electron chi connectivity index (χ2n) is 7.89. The molecule has 6 nitrogen and oxygen atoms in total. The van der Waals surface area contributed by atoms with Gasteiger partial charge in [-0.25, -0.2) is 18.2 Å². The van der Waals surface area contributed by atoms with Gasteiger partial charge in [-0.05, 0) is 53.4 Å². The fraction of sp³-hybridized carbons (Fsp3) is 0.167. The quantitative estimate of drug-likeness (QED) is 0.359. The number of halogens is 1. The largest absolute Gasteiger partial charge is 0.478 e. The van der Waals surface area contributed by atoms with E-state index in [1.807, 2.05) is 26.0 Å². The minimum Gasteiger partial charge on any atom is -0.478 e. The summed E-state index contributed by atoms with van der Waals surface area (Å²) in [5.74, 6) is -0.802. The number of aromatic carboxylic acids is 1. The van der Waals surface area contributed by atoms with Gasteiger partial charge in [-0.15, -0.1) is 0 Å². The molecule has 164 valence electrons. The van der Waals surface area contributed by atoms with E-state index in [4.69, 9.17) is 11.6 Å². The van der Waals surface area contributed by atoms with Crippen LogP contribution in [-0.4, -0.2) is 29.5 Å². The first kappa shape index (κ1) is 22.0. The molecule has 8 heteroatoms. The van der Waals surface area contributed by atoms with Gasteiger partial charge >= 0.3 is 5.97 Å². The molecule has 0 saturated heterocycles. The topological polar surface area (TPSA) is 100 Å². The van der Waals surface area contributed by atoms with E-state index in [2.05, 4.69) is 9.97 Å². The third kappa shape index (κ3) is 4.13. The van der Waals surface area contributed by atoms with Crippen LogP contribution in [0.5, 0.6) is 0 Å². The number of pyridine rings is 1. The van der Waals surface area contributed by atoms with Crippen LogP contribution >= 0.6 is 11.6 Å². The number of fused-ring (bicyclic) bond motifs is 1. The Balaban J connectivity index is 1.88. The van der Waals surface area contributed by atoms with E-state index in [-0.39, 0.29) is 16.4 Å². The first-order chi connectivity index (χ1) is 15.2. The van der Waals surface area contributed by atoms with Crippen LogP contribution in [0.1, 0.15) is 52.2 Å². The Morgan fingerprint density at radius 3 is 2.22 bits per heavy atom. The first-order valence-electron chi connectivity index (χ1n) is 9.98. The number of nitrogens with zero attached hydrogens (tertiary/aromatic N) is 1. The van der Waals surface area contributed by atoms with E-state index in [0.29, 0.717) is 21.9 Å². The van der Waals surface area contributed by atoms with Gasteiger partial charge < -0.3 is 10.1 Å². The Labute approximate surface area is 190 Å². The predicted octanol–water partition coefficient (Wildman–Crippen LogP) is 5.60. The molecule has 4 aromatic rings. The monoisotopic (exact) mass is 468 g/mol. The van der Waals surface area contributed by atoms with Crippen LogP contribution in [0.2, 0.25) is 5.15 Å². The van der Waals surface area contributed by atoms with Crippen LogP contribution in [-0.2, 0) is 9.84 Å². The maximum absolute atomic E-state index is 13.8. The molecule has 0 saturated carbocycles. The summed E-state index contributed by atoms with van der Waals surface area (Å²) in [6.45, 7) is 4.08. The van der Waals surface area contributed by atoms with Gasteiger partial charge in [-0.2, -0.15) is 0 Å². The molecule has 2 aromatic carbocycles. The lowest BCUT2D eigenvalue weighted by Gasteiger charge is -2.18. The zero-order valence-corrected chi connectivity index (χ0v) is 19.0. The average Bonchev–Trinajstić information content (AvgIpc) is 3.16. The number of carbonyl (C=O) groups is 1. The second-order valence-corrected chi connectivity index (χ2v) is 10.3. The molecule has 0 fully saturated rings. The molecule has 2 aromatic heterocycles. The van der Waals surface area contributed by atoms with Gasteiger partial charge in [0.05, 0.1) is 22.2 Å². The number of benzene rings is 2. The highest BCUT2D eigenvalue weighted by molar-refractivity contribution is 7.91. The summed E-state index contributed by atoms with van der Waals surface area (Å²) in [6.07, 6.45) is 1.55. The molecular weight excluding hydrogens is 448 g/mol. The second kappa shape index (κ2) is 8.41. The number of hydrogen-bond donors (Lipinski definition) is 2. The molecule has 0 aliphatic rings. The number of aromatic amines is 1. The zero-order chi connectivity index (χ0) is 23.0. The third-order valence-electron chi connectivity index (χ3n) is 5.42. The van der Waals surface area contributed by atoms with Gasteiger partial charge in [-0.3, -0.25) is 0 Å². The molecule has 2 N–H and O–H groups in total. The van der Waals surface area contributed by atoms with Crippen molar-refractivity contribution in [3.8, 4) is 0 Å². The minimum atomic E-state index is -3.87. The number of sulfone groups is 1. The van der Waals surface area contributed by atoms with Crippen molar-refractivity contribution in [2.24, 2.45) is 0 Å². The van der Waals surface area contributed by atoms with Gasteiger partial charge in [0.25, 0.3) is 0 Å². The lowest BCUT2D eigenvalue weighted by molar-refractivity contribution is 0.0697. The van der Waals surface area contributed by atoms with Gasteiger partial charge in [0.2, 0.25) is 0 Å². The Hall–Kier alpha value is -3.16. The van der Waals surface area contributed by atoms with Crippen LogP contribution in [0.15, 0.2) is 71.8 Å². The number of nitrogens with one attached hydrogen (secondary N) is 1. The van der Waals surface area contributed by atoms with Gasteiger partial charge in [0, 0.05) is 11.1 Å². The van der Waals surface area contributed by atoms with E-state index in [1.54, 1.807) is 30.5 Å². The van der Waals surface area contributed by atoms with Gasteiger partial charge in [-0.1, -0.05) is 49.7 Å². The SMILES string of the molecule is CC(C)c1ccc(S(=O)(=O)C(c2ccc(C(=O)O)cc2)c2cc3cc(Cl)ncc3[nH]2)cc1. The smallest absolute Gasteiger partial charge is 0.335 e. The molecule has 32 heavy (non-hydrogen) atoms. The summed E-state index contributed by atoms with van der Waals surface area (Å²) < 4.78 is 27.6. The number of hydrogen-bond acceptors (Lipinski definition) is 4. The predicted molar refractivity (Wildman–Crippen MR) is 124 cm³/mol. The minimum absolute atomic E-state index is 0.0822. The van der Waals surface area contributed by atoms with Crippen LogP contribution < -0.4 is 0 Å². The molecule has 4 rings (SSSR count). The molecular formula is C24H21ClN2O4S. The fourth-order valence-corrected chi connectivity index (χ4v) is 5.60. The van der Waals surface area contributed by atoms with E-state index in [1.165, 1.54) is 24.3 Å². The lowest BCUT2D eigenvalue weighted by atomic mass is 10.0. The van der Waals surface area contributed by atoms with E-state index < -0.39 is 21.1 Å². The Morgan fingerprint density at radius 2 is 1.62 bits per heavy atom. The molecule has 1 unspecified atom stereocenters. The normalized spacial score (nSPS) is 12.9. The number of aromatic nitrogens is 2. The average molecular weight is 469 g/mol. The summed E-state index contributed by atoms with van der Waals surface area (Å²) in [5.41, 5.74) is 2.67. The van der Waals surface area contributed by atoms with Crippen molar-refractivity contribution in [1.82, 2.24) is 9.97 Å². The standard InChI is InChI=1S/C24H21ClN2O4S/c1-14(2)15-7-9-19(10-8-15)32(30,31)23(16-3-5-17(6-4-16)24(28)29)20-11-18-12-22(25)26-13-21(18)27-20/h3-14,23,27H,1-2H3,(H,28,29). The highest BCUT2D eigenvalue weighted by Gasteiger charge is 2.32. The van der Waals surface area contributed by atoms with Crippen LogP contribution in [0.3, 0.4) is 0 Å². The first-order valence-corrected chi connectivity index (χ1v) is 11.9. The molecule has 0 aliphatic heterocycles. The van der Waals surface area contributed by atoms with Crippen molar-refractivity contribution in [3.63, 3.8) is 0 Å². The third-order valence-corrected chi connectivity index (χ3v) is 7.70. The molecule has 1 atom stereocenters. The summed E-state index contributed by atoms with van der Waals surface area (Å²) in [7, 11) is -3.87. The number of H-pyrrole nitrogens is 1. The van der Waals surface area contributed by atoms with E-state index >= 15 is 0 Å². The number of rotatable bonds is 6. The highest BCUT2D eigenvalue weighted by Crippen LogP contribution is 2.36. The molecule has 2 heterocycles. The Morgan fingerprint density at radius 1 is 1.00 bits per heavy atom. The zero-order valence-electron chi connectivity index (χ0n) is 17.4. The van der Waals surface area contributed by atoms with Gasteiger partial charge in [0.15, 0.2) is 9.84 Å². The summed E-state index contributed by atoms with van der Waals surface area (Å²) in [4.78, 5) is 18.6. The fourth-order valence-electron chi connectivity index (χ4n) is 3.67. The van der Waals surface area contributed by atoms with Crippen LogP contribution in [0.4, 0.5) is 0 Å². The molecule has 0 amide bonds. The maximum Gasteiger partial charge on any atom is 0.335 e. The van der Waals surface area contributed by atoms with E-state index in [9.17, 15) is 18.3 Å². The van der Waals surface area contributed by atoms with Crippen molar-refractivity contribution in [1.29, 1.82) is 0 Å². The number of carboxylic acids is 1. The molecule has 0 radical (unpaired) electrons. The number of carboxylic acid groups (broad SMARTS) is 1. The van der Waals surface area contributed by atoms with Crippen molar-refractivity contribution in [2.45, 2.75) is 29.9 Å². The maximum atomic E-state index is 13.8. The van der Waals surface area contributed by atoms with Crippen molar-refractivity contribution in [3.05, 3.63) is 94.4 Å². The molecule has 0 aliphatic carbocycles. The summed E-state index contributed by atoms with van der Waals surface area (Å²) >= 11 is 6.00. The van der Waals surface area contributed by atoms with Crippen LogP contribution in [0.25, 0.3) is 10.9 Å².